The minimum Gasteiger partial charge on any atom is -0.386 e. The number of rotatable bonds is 7. The number of amides is 1. The number of likely N-dealkylation sites (tertiary alicyclic amines) is 1. The third kappa shape index (κ3) is 3.19. The second-order valence-electron chi connectivity index (χ2n) is 5.58. The number of aliphatic hydroxyl groups is 1. The summed E-state index contributed by atoms with van der Waals surface area (Å²) in [5.41, 5.74) is 4.88. The number of nitrogens with zero attached hydrogens (tertiary/aromatic N) is 1. The van der Waals surface area contributed by atoms with E-state index in [4.69, 9.17) is 5.73 Å². The van der Waals surface area contributed by atoms with Gasteiger partial charge in [0.15, 0.2) is 0 Å². The predicted octanol–water partition coefficient (Wildman–Crippen LogP) is 0.879. The summed E-state index contributed by atoms with van der Waals surface area (Å²) in [4.78, 5) is 13.6. The predicted molar refractivity (Wildman–Crippen MR) is 66.4 cm³/mol. The summed E-state index contributed by atoms with van der Waals surface area (Å²) < 4.78 is 0. The standard InChI is InChI=1S/C13H24N2O2/c14-8-4-2-1-3-5-12(16)15-9-13(17,10-15)11-6-7-11/h11,17H,1-10,14H2. The van der Waals surface area contributed by atoms with Crippen LogP contribution in [0.3, 0.4) is 0 Å². The van der Waals surface area contributed by atoms with Gasteiger partial charge in [0.05, 0.1) is 13.1 Å². The van der Waals surface area contributed by atoms with E-state index in [1.165, 1.54) is 0 Å². The van der Waals surface area contributed by atoms with Gasteiger partial charge in [-0.2, -0.15) is 0 Å². The van der Waals surface area contributed by atoms with Crippen molar-refractivity contribution in [3.8, 4) is 0 Å². The minimum atomic E-state index is -0.533. The zero-order chi connectivity index (χ0) is 12.3. The fourth-order valence-electron chi connectivity index (χ4n) is 2.60. The van der Waals surface area contributed by atoms with Gasteiger partial charge in [-0.25, -0.2) is 0 Å². The molecule has 0 aromatic rings. The molecule has 1 saturated carbocycles. The van der Waals surface area contributed by atoms with Crippen LogP contribution in [-0.2, 0) is 4.79 Å². The summed E-state index contributed by atoms with van der Waals surface area (Å²) in [6, 6.07) is 0. The molecule has 0 unspecified atom stereocenters. The smallest absolute Gasteiger partial charge is 0.222 e. The number of β-amino-alcohol motifs (C(OH)–C–C–N with tert-alkyl or cyclic N) is 1. The van der Waals surface area contributed by atoms with E-state index >= 15 is 0 Å². The number of hydrogen-bond acceptors (Lipinski definition) is 3. The SMILES string of the molecule is NCCCCCCC(=O)N1CC(O)(C2CC2)C1. The van der Waals surface area contributed by atoms with Gasteiger partial charge in [0.25, 0.3) is 0 Å². The van der Waals surface area contributed by atoms with Gasteiger partial charge in [0.1, 0.15) is 5.60 Å². The largest absolute Gasteiger partial charge is 0.386 e. The van der Waals surface area contributed by atoms with Crippen LogP contribution in [0.4, 0.5) is 0 Å². The quantitative estimate of drug-likeness (QED) is 0.649. The summed E-state index contributed by atoms with van der Waals surface area (Å²) in [5, 5.41) is 10.1. The van der Waals surface area contributed by atoms with Crippen molar-refractivity contribution in [2.75, 3.05) is 19.6 Å². The van der Waals surface area contributed by atoms with E-state index in [1.807, 2.05) is 0 Å². The number of carbonyl (C=O) groups is 1. The molecule has 1 amide bonds. The first-order valence-electron chi connectivity index (χ1n) is 6.86. The highest BCUT2D eigenvalue weighted by Crippen LogP contribution is 2.44. The van der Waals surface area contributed by atoms with Crippen molar-refractivity contribution in [2.24, 2.45) is 11.7 Å². The molecule has 0 radical (unpaired) electrons. The van der Waals surface area contributed by atoms with Crippen LogP contribution < -0.4 is 5.73 Å². The molecule has 98 valence electrons. The summed E-state index contributed by atoms with van der Waals surface area (Å²) >= 11 is 0. The van der Waals surface area contributed by atoms with Crippen LogP contribution in [0.15, 0.2) is 0 Å². The van der Waals surface area contributed by atoms with Crippen LogP contribution in [0.5, 0.6) is 0 Å². The zero-order valence-corrected chi connectivity index (χ0v) is 10.5. The molecule has 3 N–H and O–H groups in total. The fourth-order valence-corrected chi connectivity index (χ4v) is 2.60. The monoisotopic (exact) mass is 240 g/mol. The molecule has 4 nitrogen and oxygen atoms in total. The third-order valence-electron chi connectivity index (χ3n) is 3.96. The van der Waals surface area contributed by atoms with Crippen molar-refractivity contribution in [3.63, 3.8) is 0 Å². The van der Waals surface area contributed by atoms with Crippen LogP contribution in [0.2, 0.25) is 0 Å². The molecule has 1 heterocycles. The average molecular weight is 240 g/mol. The Balaban J connectivity index is 1.56. The molecule has 4 heteroatoms. The summed E-state index contributed by atoms with van der Waals surface area (Å²) in [7, 11) is 0. The molecule has 2 rings (SSSR count). The van der Waals surface area contributed by atoms with Crippen LogP contribution in [0, 0.1) is 5.92 Å². The van der Waals surface area contributed by atoms with E-state index in [1.54, 1.807) is 4.90 Å². The lowest BCUT2D eigenvalue weighted by Crippen LogP contribution is -2.64. The highest BCUT2D eigenvalue weighted by molar-refractivity contribution is 5.77. The Bertz CT molecular complexity index is 271. The van der Waals surface area contributed by atoms with E-state index in [2.05, 4.69) is 0 Å². The number of nitrogens with two attached hydrogens (primary N) is 1. The molecule has 17 heavy (non-hydrogen) atoms. The van der Waals surface area contributed by atoms with Gasteiger partial charge in [-0.1, -0.05) is 12.8 Å². The van der Waals surface area contributed by atoms with Crippen molar-refractivity contribution in [3.05, 3.63) is 0 Å². The van der Waals surface area contributed by atoms with Gasteiger partial charge in [0, 0.05) is 6.42 Å². The van der Waals surface area contributed by atoms with E-state index in [9.17, 15) is 9.90 Å². The van der Waals surface area contributed by atoms with Crippen LogP contribution in [-0.4, -0.2) is 41.1 Å². The maximum Gasteiger partial charge on any atom is 0.222 e. The number of hydrogen-bond donors (Lipinski definition) is 2. The highest BCUT2D eigenvalue weighted by atomic mass is 16.3. The van der Waals surface area contributed by atoms with E-state index in [-0.39, 0.29) is 5.91 Å². The van der Waals surface area contributed by atoms with Crippen LogP contribution in [0.1, 0.15) is 44.9 Å². The van der Waals surface area contributed by atoms with Crippen molar-refractivity contribution < 1.29 is 9.90 Å². The Morgan fingerprint density at radius 1 is 1.24 bits per heavy atom. The number of unbranched alkanes of at least 4 members (excludes halogenated alkanes) is 3. The topological polar surface area (TPSA) is 66.6 Å². The Kier molecular flexibility index (Phi) is 4.05. The highest BCUT2D eigenvalue weighted by Gasteiger charge is 2.52. The second kappa shape index (κ2) is 5.36. The molecule has 1 aliphatic heterocycles. The lowest BCUT2D eigenvalue weighted by atomic mass is 9.88. The van der Waals surface area contributed by atoms with Crippen molar-refractivity contribution in [1.82, 2.24) is 4.90 Å². The Hall–Kier alpha value is -0.610. The molecular weight excluding hydrogens is 216 g/mol. The molecule has 0 bridgehead atoms. The summed E-state index contributed by atoms with van der Waals surface area (Å²) in [6.45, 7) is 1.88. The third-order valence-corrected chi connectivity index (χ3v) is 3.96. The first-order chi connectivity index (χ1) is 8.15. The molecular formula is C13H24N2O2. The Labute approximate surface area is 103 Å². The van der Waals surface area contributed by atoms with Gasteiger partial charge in [-0.3, -0.25) is 4.79 Å². The minimum absolute atomic E-state index is 0.211. The van der Waals surface area contributed by atoms with E-state index < -0.39 is 5.60 Å². The van der Waals surface area contributed by atoms with Crippen molar-refractivity contribution in [2.45, 2.75) is 50.5 Å². The first kappa shape index (κ1) is 12.8. The normalized spacial score (nSPS) is 22.4. The molecule has 0 aromatic carbocycles. The molecule has 0 atom stereocenters. The molecule has 1 aliphatic carbocycles. The van der Waals surface area contributed by atoms with Crippen molar-refractivity contribution in [1.29, 1.82) is 0 Å². The van der Waals surface area contributed by atoms with Gasteiger partial charge in [-0.05, 0) is 38.1 Å². The average Bonchev–Trinajstić information content (AvgIpc) is 3.08. The number of carbonyl (C=O) groups excluding carboxylic acids is 1. The fraction of sp³-hybridized carbons (Fsp3) is 0.923. The molecule has 0 aromatic heterocycles. The Morgan fingerprint density at radius 2 is 1.88 bits per heavy atom. The lowest BCUT2D eigenvalue weighted by molar-refractivity contribution is -0.159. The summed E-state index contributed by atoms with van der Waals surface area (Å²) in [6.07, 6.45) is 7.12. The maximum atomic E-state index is 11.8. The Morgan fingerprint density at radius 3 is 2.47 bits per heavy atom. The van der Waals surface area contributed by atoms with E-state index in [0.717, 1.165) is 45.1 Å². The van der Waals surface area contributed by atoms with E-state index in [0.29, 0.717) is 25.4 Å². The molecule has 2 aliphatic rings. The molecule has 1 saturated heterocycles. The van der Waals surface area contributed by atoms with Gasteiger partial charge in [0.2, 0.25) is 5.91 Å². The zero-order valence-electron chi connectivity index (χ0n) is 10.5. The first-order valence-corrected chi connectivity index (χ1v) is 6.86. The molecule has 2 fully saturated rings. The van der Waals surface area contributed by atoms with Crippen LogP contribution >= 0.6 is 0 Å². The maximum absolute atomic E-state index is 11.8. The van der Waals surface area contributed by atoms with Gasteiger partial charge >= 0.3 is 0 Å². The summed E-state index contributed by atoms with van der Waals surface area (Å²) in [5.74, 6) is 0.680. The second-order valence-corrected chi connectivity index (χ2v) is 5.58. The van der Waals surface area contributed by atoms with Gasteiger partial charge < -0.3 is 15.7 Å². The van der Waals surface area contributed by atoms with Crippen LogP contribution in [0.25, 0.3) is 0 Å². The molecule has 0 spiro atoms. The van der Waals surface area contributed by atoms with Gasteiger partial charge in [-0.15, -0.1) is 0 Å². The van der Waals surface area contributed by atoms with Crippen molar-refractivity contribution >= 4 is 5.91 Å². The lowest BCUT2D eigenvalue weighted by Gasteiger charge is -2.47.